The summed E-state index contributed by atoms with van der Waals surface area (Å²) in [6.45, 7) is 0. The molecular weight excluding hydrogens is 438 g/mol. The summed E-state index contributed by atoms with van der Waals surface area (Å²) in [6, 6.07) is 8.45. The molecule has 3 aromatic rings. The number of halogens is 5. The first kappa shape index (κ1) is 20.4. The maximum absolute atomic E-state index is 12.3. The molecule has 28 heavy (non-hydrogen) atoms. The number of alkyl halides is 3. The van der Waals surface area contributed by atoms with Gasteiger partial charge in [-0.25, -0.2) is 9.97 Å². The van der Waals surface area contributed by atoms with E-state index in [1.54, 1.807) is 6.20 Å². The van der Waals surface area contributed by atoms with Gasteiger partial charge in [-0.1, -0.05) is 35.3 Å². The van der Waals surface area contributed by atoms with E-state index in [1.807, 2.05) is 0 Å². The number of aromatic nitrogens is 2. The van der Waals surface area contributed by atoms with Gasteiger partial charge in [-0.3, -0.25) is 10.1 Å². The standard InChI is InChI=1S/C17H10Cl2F3N3O2S/c18-12-5-6-13(19)24-14(12)15(26)25-16-23-8-11(28-16)7-9-1-3-10(4-2-9)27-17(20,21)22/h1-6,8H,7H2,(H,23,25,26). The lowest BCUT2D eigenvalue weighted by Crippen LogP contribution is -2.17. The van der Waals surface area contributed by atoms with Crippen molar-refractivity contribution >= 4 is 45.6 Å². The molecule has 1 aromatic carbocycles. The molecule has 0 bridgehead atoms. The van der Waals surface area contributed by atoms with E-state index >= 15 is 0 Å². The Morgan fingerprint density at radius 1 is 1.14 bits per heavy atom. The minimum absolute atomic E-state index is 0.0221. The van der Waals surface area contributed by atoms with E-state index in [2.05, 4.69) is 20.0 Å². The van der Waals surface area contributed by atoms with Crippen LogP contribution in [0.5, 0.6) is 5.75 Å². The maximum atomic E-state index is 12.3. The molecule has 3 rings (SSSR count). The minimum Gasteiger partial charge on any atom is -0.406 e. The van der Waals surface area contributed by atoms with Crippen LogP contribution in [0.25, 0.3) is 0 Å². The van der Waals surface area contributed by atoms with Crippen molar-refractivity contribution < 1.29 is 22.7 Å². The van der Waals surface area contributed by atoms with Crippen LogP contribution in [0.2, 0.25) is 10.2 Å². The van der Waals surface area contributed by atoms with E-state index in [-0.39, 0.29) is 21.6 Å². The Kier molecular flexibility index (Phi) is 6.07. The lowest BCUT2D eigenvalue weighted by molar-refractivity contribution is -0.274. The number of hydrogen-bond donors (Lipinski definition) is 1. The summed E-state index contributed by atoms with van der Waals surface area (Å²) in [7, 11) is 0. The van der Waals surface area contributed by atoms with Crippen LogP contribution in [0.1, 0.15) is 20.9 Å². The molecule has 2 aromatic heterocycles. The highest BCUT2D eigenvalue weighted by atomic mass is 35.5. The second kappa shape index (κ2) is 8.34. The Morgan fingerprint density at radius 2 is 1.86 bits per heavy atom. The number of rotatable bonds is 5. The number of pyridine rings is 1. The summed E-state index contributed by atoms with van der Waals surface area (Å²) in [4.78, 5) is 21.0. The number of thiazole rings is 1. The van der Waals surface area contributed by atoms with Gasteiger partial charge in [-0.2, -0.15) is 0 Å². The van der Waals surface area contributed by atoms with Gasteiger partial charge in [0.05, 0.1) is 5.02 Å². The number of amides is 1. The highest BCUT2D eigenvalue weighted by molar-refractivity contribution is 7.15. The van der Waals surface area contributed by atoms with Crippen molar-refractivity contribution in [2.45, 2.75) is 12.8 Å². The van der Waals surface area contributed by atoms with Crippen LogP contribution in [0.3, 0.4) is 0 Å². The quantitative estimate of drug-likeness (QED) is 0.518. The topological polar surface area (TPSA) is 64.1 Å². The van der Waals surface area contributed by atoms with E-state index in [1.165, 1.54) is 47.7 Å². The van der Waals surface area contributed by atoms with Crippen molar-refractivity contribution in [2.24, 2.45) is 0 Å². The van der Waals surface area contributed by atoms with Crippen LogP contribution < -0.4 is 10.1 Å². The van der Waals surface area contributed by atoms with E-state index in [9.17, 15) is 18.0 Å². The van der Waals surface area contributed by atoms with Crippen molar-refractivity contribution in [1.82, 2.24) is 9.97 Å². The zero-order chi connectivity index (χ0) is 20.3. The van der Waals surface area contributed by atoms with Crippen LogP contribution in [0.15, 0.2) is 42.6 Å². The van der Waals surface area contributed by atoms with Crippen molar-refractivity contribution in [1.29, 1.82) is 0 Å². The van der Waals surface area contributed by atoms with Crippen LogP contribution in [0.4, 0.5) is 18.3 Å². The summed E-state index contributed by atoms with van der Waals surface area (Å²) in [5.41, 5.74) is 0.738. The predicted molar refractivity (Wildman–Crippen MR) is 100 cm³/mol. The van der Waals surface area contributed by atoms with Gasteiger partial charge in [0.2, 0.25) is 0 Å². The van der Waals surface area contributed by atoms with E-state index in [0.29, 0.717) is 11.6 Å². The molecule has 0 saturated carbocycles. The molecule has 0 saturated heterocycles. The molecule has 1 amide bonds. The van der Waals surface area contributed by atoms with Gasteiger partial charge < -0.3 is 4.74 Å². The highest BCUT2D eigenvalue weighted by Crippen LogP contribution is 2.26. The fraction of sp³-hybridized carbons (Fsp3) is 0.118. The summed E-state index contributed by atoms with van der Waals surface area (Å²) in [6.07, 6.45) is -2.74. The fourth-order valence-electron chi connectivity index (χ4n) is 2.19. The maximum Gasteiger partial charge on any atom is 0.573 e. The van der Waals surface area contributed by atoms with Gasteiger partial charge in [-0.05, 0) is 29.8 Å². The number of nitrogens with one attached hydrogen (secondary N) is 1. The van der Waals surface area contributed by atoms with E-state index in [4.69, 9.17) is 23.2 Å². The van der Waals surface area contributed by atoms with E-state index in [0.717, 1.165) is 10.4 Å². The van der Waals surface area contributed by atoms with Crippen LogP contribution >= 0.6 is 34.5 Å². The molecule has 1 N–H and O–H groups in total. The SMILES string of the molecule is O=C(Nc1ncc(Cc2ccc(OC(F)(F)F)cc2)s1)c1nc(Cl)ccc1Cl. The fourth-order valence-corrected chi connectivity index (χ4v) is 3.37. The van der Waals surface area contributed by atoms with Crippen LogP contribution in [-0.4, -0.2) is 22.2 Å². The molecule has 0 unspecified atom stereocenters. The lowest BCUT2D eigenvalue weighted by Gasteiger charge is -2.08. The highest BCUT2D eigenvalue weighted by Gasteiger charge is 2.30. The first-order valence-electron chi connectivity index (χ1n) is 7.62. The zero-order valence-electron chi connectivity index (χ0n) is 13.8. The number of benzene rings is 1. The average molecular weight is 448 g/mol. The molecule has 0 atom stereocenters. The summed E-state index contributed by atoms with van der Waals surface area (Å²) >= 11 is 12.9. The Morgan fingerprint density at radius 3 is 2.54 bits per heavy atom. The van der Waals surface area contributed by atoms with Gasteiger partial charge in [-0.15, -0.1) is 24.5 Å². The average Bonchev–Trinajstić information content (AvgIpc) is 3.04. The second-order valence-corrected chi connectivity index (χ2v) is 7.33. The molecule has 11 heteroatoms. The van der Waals surface area contributed by atoms with Crippen molar-refractivity contribution in [3.05, 3.63) is 68.9 Å². The lowest BCUT2D eigenvalue weighted by atomic mass is 10.1. The number of carbonyl (C=O) groups excluding carboxylic acids is 1. The van der Waals surface area contributed by atoms with Gasteiger partial charge in [0.15, 0.2) is 5.13 Å². The molecule has 0 aliphatic heterocycles. The summed E-state index contributed by atoms with van der Waals surface area (Å²) in [5.74, 6) is -0.846. The molecule has 0 aliphatic carbocycles. The predicted octanol–water partition coefficient (Wildman–Crippen LogP) is 5.59. The molecule has 0 radical (unpaired) electrons. The molecule has 5 nitrogen and oxygen atoms in total. The smallest absolute Gasteiger partial charge is 0.406 e. The first-order valence-corrected chi connectivity index (χ1v) is 9.19. The van der Waals surface area contributed by atoms with Gasteiger partial charge in [0, 0.05) is 17.5 Å². The summed E-state index contributed by atoms with van der Waals surface area (Å²) < 4.78 is 40.4. The molecule has 0 spiro atoms. The Bertz CT molecular complexity index is 994. The van der Waals surface area contributed by atoms with Gasteiger partial charge in [0.25, 0.3) is 5.91 Å². The minimum atomic E-state index is -4.73. The number of carbonyl (C=O) groups is 1. The second-order valence-electron chi connectivity index (χ2n) is 5.42. The number of nitrogens with zero attached hydrogens (tertiary/aromatic N) is 2. The molecule has 146 valence electrons. The van der Waals surface area contributed by atoms with Crippen molar-refractivity contribution in [3.8, 4) is 5.75 Å². The number of ether oxygens (including phenoxy) is 1. The van der Waals surface area contributed by atoms with E-state index < -0.39 is 12.3 Å². The molecular formula is C17H10Cl2F3N3O2S. The number of anilines is 1. The third kappa shape index (κ3) is 5.57. The zero-order valence-corrected chi connectivity index (χ0v) is 16.1. The molecule has 2 heterocycles. The number of hydrogen-bond acceptors (Lipinski definition) is 5. The third-order valence-electron chi connectivity index (χ3n) is 3.34. The normalized spacial score (nSPS) is 11.3. The summed E-state index contributed by atoms with van der Waals surface area (Å²) in [5, 5.41) is 3.20. The Balaban J connectivity index is 1.64. The van der Waals surface area contributed by atoms with Gasteiger partial charge in [0.1, 0.15) is 16.6 Å². The largest absolute Gasteiger partial charge is 0.573 e. The van der Waals surface area contributed by atoms with Crippen molar-refractivity contribution in [3.63, 3.8) is 0 Å². The Labute approximate surface area is 171 Å². The van der Waals surface area contributed by atoms with Crippen LogP contribution in [-0.2, 0) is 6.42 Å². The third-order valence-corrected chi connectivity index (χ3v) is 4.76. The van der Waals surface area contributed by atoms with Gasteiger partial charge >= 0.3 is 6.36 Å². The Hall–Kier alpha value is -2.36. The monoisotopic (exact) mass is 447 g/mol. The molecule has 0 aliphatic rings. The van der Waals surface area contributed by atoms with Crippen LogP contribution in [0, 0.1) is 0 Å². The molecule has 0 fully saturated rings. The first-order chi connectivity index (χ1) is 13.2. The van der Waals surface area contributed by atoms with Crippen molar-refractivity contribution in [2.75, 3.05) is 5.32 Å².